The minimum atomic E-state index is 0.345. The van der Waals surface area contributed by atoms with Gasteiger partial charge in [-0.2, -0.15) is 0 Å². The van der Waals surface area contributed by atoms with Gasteiger partial charge in [0, 0.05) is 12.6 Å². The highest BCUT2D eigenvalue weighted by molar-refractivity contribution is 5.31. The third-order valence-electron chi connectivity index (χ3n) is 3.81. The monoisotopic (exact) mass is 262 g/mol. The van der Waals surface area contributed by atoms with Gasteiger partial charge in [-0.3, -0.25) is 4.90 Å². The van der Waals surface area contributed by atoms with Gasteiger partial charge in [-0.25, -0.2) is 0 Å². The van der Waals surface area contributed by atoms with Crippen molar-refractivity contribution in [1.82, 2.24) is 4.90 Å². The van der Waals surface area contributed by atoms with Crippen LogP contribution in [0.3, 0.4) is 0 Å². The molecule has 1 saturated heterocycles. The van der Waals surface area contributed by atoms with E-state index in [0.717, 1.165) is 18.8 Å². The van der Waals surface area contributed by atoms with Crippen molar-refractivity contribution in [2.45, 2.75) is 38.6 Å². The van der Waals surface area contributed by atoms with Crippen molar-refractivity contribution in [2.24, 2.45) is 5.73 Å². The molecule has 1 aromatic carbocycles. The Bertz CT molecular complexity index is 375. The molecule has 0 bridgehead atoms. The fourth-order valence-electron chi connectivity index (χ4n) is 2.70. The maximum Gasteiger partial charge on any atom is 0.119 e. The number of nitrogens with two attached hydrogens (primary N) is 1. The van der Waals surface area contributed by atoms with Crippen LogP contribution in [0, 0.1) is 0 Å². The van der Waals surface area contributed by atoms with E-state index in [4.69, 9.17) is 10.5 Å². The van der Waals surface area contributed by atoms with Crippen LogP contribution >= 0.6 is 0 Å². The predicted molar refractivity (Wildman–Crippen MR) is 79.4 cm³/mol. The summed E-state index contributed by atoms with van der Waals surface area (Å²) in [6.45, 7) is 6.00. The first-order valence-corrected chi connectivity index (χ1v) is 7.52. The van der Waals surface area contributed by atoms with Crippen LogP contribution in [0.2, 0.25) is 0 Å². The Morgan fingerprint density at radius 2 is 2.11 bits per heavy atom. The molecule has 3 nitrogen and oxygen atoms in total. The average Bonchev–Trinajstić information content (AvgIpc) is 2.94. The minimum absolute atomic E-state index is 0.345. The molecule has 1 fully saturated rings. The number of rotatable bonds is 7. The Kier molecular flexibility index (Phi) is 5.67. The summed E-state index contributed by atoms with van der Waals surface area (Å²) in [5.74, 6) is 0.976. The van der Waals surface area contributed by atoms with E-state index in [1.54, 1.807) is 0 Å². The van der Waals surface area contributed by atoms with Crippen LogP contribution in [-0.4, -0.2) is 31.1 Å². The van der Waals surface area contributed by atoms with Crippen LogP contribution < -0.4 is 10.5 Å². The molecule has 0 aliphatic carbocycles. The van der Waals surface area contributed by atoms with Gasteiger partial charge in [-0.05, 0) is 50.0 Å². The Balaban J connectivity index is 2.03. The largest absolute Gasteiger partial charge is 0.494 e. The lowest BCUT2D eigenvalue weighted by Crippen LogP contribution is -2.31. The van der Waals surface area contributed by atoms with Gasteiger partial charge < -0.3 is 10.5 Å². The van der Waals surface area contributed by atoms with Crippen molar-refractivity contribution < 1.29 is 4.74 Å². The van der Waals surface area contributed by atoms with Crippen LogP contribution in [0.4, 0.5) is 0 Å². The summed E-state index contributed by atoms with van der Waals surface area (Å²) >= 11 is 0. The summed E-state index contributed by atoms with van der Waals surface area (Å²) in [5.41, 5.74) is 7.26. The van der Waals surface area contributed by atoms with Crippen molar-refractivity contribution in [3.63, 3.8) is 0 Å². The first-order chi connectivity index (χ1) is 9.35. The molecule has 2 N–H and O–H groups in total. The van der Waals surface area contributed by atoms with Crippen molar-refractivity contribution in [3.8, 4) is 5.75 Å². The second-order valence-corrected chi connectivity index (χ2v) is 5.27. The van der Waals surface area contributed by atoms with E-state index in [0.29, 0.717) is 12.6 Å². The van der Waals surface area contributed by atoms with Crippen LogP contribution in [-0.2, 0) is 0 Å². The normalized spacial score (nSPS) is 17.6. The number of benzene rings is 1. The van der Waals surface area contributed by atoms with E-state index in [1.165, 1.54) is 37.9 Å². The molecule has 0 amide bonds. The number of unbranched alkanes of at least 4 members (excludes halogenated alkanes) is 1. The molecule has 1 aliphatic rings. The van der Waals surface area contributed by atoms with Gasteiger partial charge >= 0.3 is 0 Å². The minimum Gasteiger partial charge on any atom is -0.494 e. The Labute approximate surface area is 116 Å². The summed E-state index contributed by atoms with van der Waals surface area (Å²) in [6.07, 6.45) is 4.86. The molecule has 1 unspecified atom stereocenters. The molecular formula is C16H26N2O. The van der Waals surface area contributed by atoms with Crippen LogP contribution in [0.15, 0.2) is 24.3 Å². The van der Waals surface area contributed by atoms with Gasteiger partial charge in [-0.15, -0.1) is 0 Å². The number of likely N-dealkylation sites (tertiary alicyclic amines) is 1. The van der Waals surface area contributed by atoms with Gasteiger partial charge in [-0.1, -0.05) is 25.5 Å². The van der Waals surface area contributed by atoms with Crippen LogP contribution in [0.25, 0.3) is 0 Å². The number of hydrogen-bond donors (Lipinski definition) is 1. The maximum absolute atomic E-state index is 5.97. The van der Waals surface area contributed by atoms with Crippen molar-refractivity contribution in [1.29, 1.82) is 0 Å². The van der Waals surface area contributed by atoms with Gasteiger partial charge in [0.05, 0.1) is 6.61 Å². The lowest BCUT2D eigenvalue weighted by molar-refractivity contribution is 0.250. The van der Waals surface area contributed by atoms with Gasteiger partial charge in [0.1, 0.15) is 5.75 Å². The highest BCUT2D eigenvalue weighted by atomic mass is 16.5. The standard InChI is InChI=1S/C16H26N2O/c1-2-3-11-19-15-8-6-7-14(12-15)16(13-17)18-9-4-5-10-18/h6-8,12,16H,2-5,9-11,13,17H2,1H3. The molecule has 1 aliphatic heterocycles. The van der Waals surface area contributed by atoms with Gasteiger partial charge in [0.2, 0.25) is 0 Å². The zero-order valence-electron chi connectivity index (χ0n) is 12.0. The highest BCUT2D eigenvalue weighted by Gasteiger charge is 2.22. The second kappa shape index (κ2) is 7.51. The fraction of sp³-hybridized carbons (Fsp3) is 0.625. The number of nitrogens with zero attached hydrogens (tertiary/aromatic N) is 1. The number of ether oxygens (including phenoxy) is 1. The quantitative estimate of drug-likeness (QED) is 0.768. The van der Waals surface area contributed by atoms with Crippen molar-refractivity contribution in [2.75, 3.05) is 26.2 Å². The smallest absolute Gasteiger partial charge is 0.119 e. The zero-order valence-corrected chi connectivity index (χ0v) is 12.0. The maximum atomic E-state index is 5.97. The SMILES string of the molecule is CCCCOc1cccc(C(CN)N2CCCC2)c1. The molecule has 0 spiro atoms. The zero-order chi connectivity index (χ0) is 13.5. The Morgan fingerprint density at radius 1 is 1.32 bits per heavy atom. The van der Waals surface area contributed by atoms with Gasteiger partial charge in [0.25, 0.3) is 0 Å². The van der Waals surface area contributed by atoms with E-state index < -0.39 is 0 Å². The van der Waals surface area contributed by atoms with Crippen LogP contribution in [0.1, 0.15) is 44.2 Å². The molecule has 1 heterocycles. The molecule has 19 heavy (non-hydrogen) atoms. The fourth-order valence-corrected chi connectivity index (χ4v) is 2.70. The molecule has 106 valence electrons. The molecule has 0 saturated carbocycles. The summed E-state index contributed by atoms with van der Waals surface area (Å²) in [4.78, 5) is 2.49. The molecule has 1 aromatic rings. The Hall–Kier alpha value is -1.06. The second-order valence-electron chi connectivity index (χ2n) is 5.27. The lowest BCUT2D eigenvalue weighted by atomic mass is 10.1. The number of hydrogen-bond acceptors (Lipinski definition) is 3. The third-order valence-corrected chi connectivity index (χ3v) is 3.81. The lowest BCUT2D eigenvalue weighted by Gasteiger charge is -2.26. The molecule has 1 atom stereocenters. The average molecular weight is 262 g/mol. The highest BCUT2D eigenvalue weighted by Crippen LogP contribution is 2.26. The summed E-state index contributed by atoms with van der Waals surface area (Å²) < 4.78 is 5.79. The first-order valence-electron chi connectivity index (χ1n) is 7.52. The topological polar surface area (TPSA) is 38.5 Å². The van der Waals surface area contributed by atoms with E-state index in [2.05, 4.69) is 30.0 Å². The first kappa shape index (κ1) is 14.4. The van der Waals surface area contributed by atoms with E-state index in [1.807, 2.05) is 6.07 Å². The van der Waals surface area contributed by atoms with Gasteiger partial charge in [0.15, 0.2) is 0 Å². The molecule has 3 heteroatoms. The summed E-state index contributed by atoms with van der Waals surface area (Å²) in [7, 11) is 0. The third kappa shape index (κ3) is 3.95. The summed E-state index contributed by atoms with van der Waals surface area (Å²) in [6, 6.07) is 8.79. The van der Waals surface area contributed by atoms with Crippen molar-refractivity contribution >= 4 is 0 Å². The predicted octanol–water partition coefficient (Wildman–Crippen LogP) is 2.96. The molecule has 0 radical (unpaired) electrons. The van der Waals surface area contributed by atoms with Crippen LogP contribution in [0.5, 0.6) is 5.75 Å². The molecule has 0 aromatic heterocycles. The Morgan fingerprint density at radius 3 is 2.79 bits per heavy atom. The molecule has 2 rings (SSSR count). The van der Waals surface area contributed by atoms with E-state index in [-0.39, 0.29) is 0 Å². The summed E-state index contributed by atoms with van der Waals surface area (Å²) in [5, 5.41) is 0. The molecular weight excluding hydrogens is 236 g/mol. The van der Waals surface area contributed by atoms with E-state index in [9.17, 15) is 0 Å². The van der Waals surface area contributed by atoms with Crippen molar-refractivity contribution in [3.05, 3.63) is 29.8 Å². The van der Waals surface area contributed by atoms with E-state index >= 15 is 0 Å².